The van der Waals surface area contributed by atoms with Gasteiger partial charge in [-0.2, -0.15) is 0 Å². The summed E-state index contributed by atoms with van der Waals surface area (Å²) < 4.78 is 26.4. The van der Waals surface area contributed by atoms with Crippen LogP contribution in [0.1, 0.15) is 48.2 Å². The number of aryl methyl sites for hydroxylation is 1. The quantitative estimate of drug-likeness (QED) is 0.605. The molecule has 0 fully saturated rings. The topological polar surface area (TPSA) is 104 Å². The van der Waals surface area contributed by atoms with Crippen molar-refractivity contribution in [1.82, 2.24) is 14.5 Å². The van der Waals surface area contributed by atoms with Gasteiger partial charge in [0.2, 0.25) is 11.8 Å². The van der Waals surface area contributed by atoms with Gasteiger partial charge in [-0.3, -0.25) is 14.4 Å². The summed E-state index contributed by atoms with van der Waals surface area (Å²) in [6, 6.07) is 12.6. The number of rotatable bonds is 9. The molecule has 0 bridgehead atoms. The Bertz CT molecular complexity index is 1160. The number of nitrogens with one attached hydrogen (secondary N) is 1. The maximum atomic E-state index is 13.4. The molecule has 2 aromatic carbocycles. The zero-order valence-electron chi connectivity index (χ0n) is 19.1. The number of amides is 3. The Hall–Kier alpha value is -3.20. The molecule has 1 heterocycles. The highest BCUT2D eigenvalue weighted by atomic mass is 32.2. The summed E-state index contributed by atoms with van der Waals surface area (Å²) >= 11 is 0. The van der Waals surface area contributed by atoms with Gasteiger partial charge in [0.25, 0.3) is 15.9 Å². The molecule has 1 aliphatic rings. The van der Waals surface area contributed by atoms with E-state index in [1.54, 1.807) is 13.0 Å². The molecule has 1 aliphatic heterocycles. The van der Waals surface area contributed by atoms with E-state index in [2.05, 4.69) is 5.32 Å². The van der Waals surface area contributed by atoms with E-state index < -0.39 is 34.4 Å². The van der Waals surface area contributed by atoms with E-state index in [0.717, 1.165) is 17.5 Å². The van der Waals surface area contributed by atoms with Crippen molar-refractivity contribution < 1.29 is 22.8 Å². The van der Waals surface area contributed by atoms with E-state index in [0.29, 0.717) is 17.3 Å². The lowest BCUT2D eigenvalue weighted by Crippen LogP contribution is -2.52. The molecule has 1 atom stereocenters. The summed E-state index contributed by atoms with van der Waals surface area (Å²) in [6.07, 6.45) is 1.08. The molecule has 1 N–H and O–H groups in total. The van der Waals surface area contributed by atoms with Crippen LogP contribution >= 0.6 is 0 Å². The Labute approximate surface area is 194 Å². The largest absolute Gasteiger partial charge is 0.354 e. The molecule has 0 saturated carbocycles. The highest BCUT2D eigenvalue weighted by Gasteiger charge is 2.43. The summed E-state index contributed by atoms with van der Waals surface area (Å²) in [5, 5.41) is 2.82. The van der Waals surface area contributed by atoms with Crippen LogP contribution in [0.15, 0.2) is 53.4 Å². The third-order valence-corrected chi connectivity index (χ3v) is 7.35. The van der Waals surface area contributed by atoms with Gasteiger partial charge in [-0.25, -0.2) is 12.7 Å². The second kappa shape index (κ2) is 10.2. The smallest absolute Gasteiger partial charge is 0.269 e. The van der Waals surface area contributed by atoms with E-state index in [4.69, 9.17) is 0 Å². The van der Waals surface area contributed by atoms with Crippen LogP contribution < -0.4 is 5.32 Å². The van der Waals surface area contributed by atoms with Crippen LogP contribution in [0, 0.1) is 6.92 Å². The van der Waals surface area contributed by atoms with Gasteiger partial charge >= 0.3 is 0 Å². The molecule has 0 aliphatic carbocycles. The molecule has 2 aromatic rings. The van der Waals surface area contributed by atoms with Gasteiger partial charge in [0.15, 0.2) is 0 Å². The van der Waals surface area contributed by atoms with Crippen molar-refractivity contribution >= 4 is 27.7 Å². The summed E-state index contributed by atoms with van der Waals surface area (Å²) in [6.45, 7) is 5.56. The number of benzene rings is 2. The molecule has 3 amide bonds. The average Bonchev–Trinajstić information content (AvgIpc) is 2.98. The molecule has 176 valence electrons. The highest BCUT2D eigenvalue weighted by molar-refractivity contribution is 7.90. The Balaban J connectivity index is 1.92. The predicted molar refractivity (Wildman–Crippen MR) is 124 cm³/mol. The molecule has 0 saturated heterocycles. The van der Waals surface area contributed by atoms with Crippen molar-refractivity contribution in [3.63, 3.8) is 0 Å². The maximum absolute atomic E-state index is 13.4. The first-order valence-corrected chi connectivity index (χ1v) is 12.4. The van der Waals surface area contributed by atoms with Crippen molar-refractivity contribution in [2.75, 3.05) is 13.1 Å². The van der Waals surface area contributed by atoms with Crippen molar-refractivity contribution in [3.05, 3.63) is 65.2 Å². The Morgan fingerprint density at radius 3 is 2.45 bits per heavy atom. The monoisotopic (exact) mass is 471 g/mol. The number of carbonyl (C=O) groups excluding carboxylic acids is 3. The second-order valence-corrected chi connectivity index (χ2v) is 9.87. The van der Waals surface area contributed by atoms with E-state index in [1.807, 2.05) is 38.1 Å². The normalized spacial score (nSPS) is 15.1. The molecule has 0 spiro atoms. The van der Waals surface area contributed by atoms with Crippen molar-refractivity contribution in [2.24, 2.45) is 0 Å². The number of carbonyl (C=O) groups is 3. The lowest BCUT2D eigenvalue weighted by atomic mass is 10.1. The number of nitrogens with zero attached hydrogens (tertiary/aromatic N) is 2. The fourth-order valence-electron chi connectivity index (χ4n) is 3.89. The number of hydrogen-bond acceptors (Lipinski definition) is 5. The molecular weight excluding hydrogens is 442 g/mol. The average molecular weight is 472 g/mol. The van der Waals surface area contributed by atoms with Crippen LogP contribution in [-0.2, 0) is 26.2 Å². The van der Waals surface area contributed by atoms with Crippen LogP contribution in [0.5, 0.6) is 0 Å². The van der Waals surface area contributed by atoms with Crippen molar-refractivity contribution in [3.8, 4) is 0 Å². The third-order valence-electron chi connectivity index (χ3n) is 5.56. The standard InChI is InChI=1S/C24H29N3O5S/c1-4-13-25-23(29)20(5-2)26(15-18-10-8-9-17(3)14-18)22(28)16-27-24(30)19-11-6-7-12-21(19)33(27,31)32/h6-12,14,20H,4-5,13,15-16H2,1-3H3,(H,25,29). The molecule has 0 radical (unpaired) electrons. The van der Waals surface area contributed by atoms with Gasteiger partial charge in [0.05, 0.1) is 5.56 Å². The van der Waals surface area contributed by atoms with Gasteiger partial charge in [-0.15, -0.1) is 0 Å². The first-order valence-electron chi connectivity index (χ1n) is 11.0. The number of sulfonamides is 1. The fraction of sp³-hybridized carbons (Fsp3) is 0.375. The van der Waals surface area contributed by atoms with E-state index >= 15 is 0 Å². The molecule has 9 heteroatoms. The predicted octanol–water partition coefficient (Wildman–Crippen LogP) is 2.47. The minimum Gasteiger partial charge on any atom is -0.354 e. The summed E-state index contributed by atoms with van der Waals surface area (Å²) in [7, 11) is -4.13. The zero-order chi connectivity index (χ0) is 24.2. The van der Waals surface area contributed by atoms with Crippen LogP contribution in [-0.4, -0.2) is 54.5 Å². The van der Waals surface area contributed by atoms with E-state index in [9.17, 15) is 22.8 Å². The highest BCUT2D eigenvalue weighted by Crippen LogP contribution is 2.30. The Kier molecular flexibility index (Phi) is 7.53. The van der Waals surface area contributed by atoms with Crippen LogP contribution in [0.3, 0.4) is 0 Å². The van der Waals surface area contributed by atoms with E-state index in [1.165, 1.54) is 23.1 Å². The molecular formula is C24H29N3O5S. The molecule has 33 heavy (non-hydrogen) atoms. The van der Waals surface area contributed by atoms with Crippen LogP contribution in [0.4, 0.5) is 0 Å². The zero-order valence-corrected chi connectivity index (χ0v) is 19.9. The minimum atomic E-state index is -4.13. The van der Waals surface area contributed by atoms with Crippen LogP contribution in [0.2, 0.25) is 0 Å². The number of fused-ring (bicyclic) bond motifs is 1. The Morgan fingerprint density at radius 2 is 1.82 bits per heavy atom. The van der Waals surface area contributed by atoms with Gasteiger partial charge in [0.1, 0.15) is 17.5 Å². The first-order chi connectivity index (χ1) is 15.7. The van der Waals surface area contributed by atoms with Gasteiger partial charge < -0.3 is 10.2 Å². The second-order valence-electron chi connectivity index (χ2n) is 8.04. The molecule has 0 aromatic heterocycles. The van der Waals surface area contributed by atoms with E-state index in [-0.39, 0.29) is 22.9 Å². The first kappa shape index (κ1) is 24.4. The molecule has 3 rings (SSSR count). The molecule has 8 nitrogen and oxygen atoms in total. The van der Waals surface area contributed by atoms with Crippen molar-refractivity contribution in [2.45, 2.75) is 51.1 Å². The summed E-state index contributed by atoms with van der Waals surface area (Å²) in [5.74, 6) is -1.66. The minimum absolute atomic E-state index is 0.0447. The number of hydrogen-bond donors (Lipinski definition) is 1. The lowest BCUT2D eigenvalue weighted by molar-refractivity contribution is -0.141. The van der Waals surface area contributed by atoms with Gasteiger partial charge in [-0.1, -0.05) is 55.8 Å². The fourth-order valence-corrected chi connectivity index (χ4v) is 5.41. The van der Waals surface area contributed by atoms with Gasteiger partial charge in [0, 0.05) is 13.1 Å². The maximum Gasteiger partial charge on any atom is 0.269 e. The Morgan fingerprint density at radius 1 is 1.09 bits per heavy atom. The third kappa shape index (κ3) is 5.08. The summed E-state index contributed by atoms with van der Waals surface area (Å²) in [5.41, 5.74) is 1.85. The van der Waals surface area contributed by atoms with Gasteiger partial charge in [-0.05, 0) is 37.5 Å². The SMILES string of the molecule is CCCNC(=O)C(CC)N(Cc1cccc(C)c1)C(=O)CN1C(=O)c2ccccc2S1(=O)=O. The summed E-state index contributed by atoms with van der Waals surface area (Å²) in [4.78, 5) is 40.3. The van der Waals surface area contributed by atoms with Crippen LogP contribution in [0.25, 0.3) is 0 Å². The lowest BCUT2D eigenvalue weighted by Gasteiger charge is -2.31. The molecule has 1 unspecified atom stereocenters. The van der Waals surface area contributed by atoms with Crippen molar-refractivity contribution in [1.29, 1.82) is 0 Å².